The molecule has 3 aromatic rings. The Labute approximate surface area is 155 Å². The molecule has 8 nitrogen and oxygen atoms in total. The first-order chi connectivity index (χ1) is 13.0. The van der Waals surface area contributed by atoms with E-state index in [0.29, 0.717) is 43.1 Å². The lowest BCUT2D eigenvalue weighted by atomic mass is 9.90. The number of nitrogens with one attached hydrogen (secondary N) is 1. The van der Waals surface area contributed by atoms with Crippen molar-refractivity contribution >= 4 is 23.0 Å². The molecule has 3 heterocycles. The minimum Gasteiger partial charge on any atom is -0.466 e. The summed E-state index contributed by atoms with van der Waals surface area (Å²) in [5.41, 5.74) is 0.462. The molecule has 1 atom stereocenters. The molecule has 1 aliphatic rings. The highest BCUT2D eigenvalue weighted by atomic mass is 16.5. The SMILES string of the molecule is CCOC(=O)C1(C)CCN(c2nc3c(cnn3-c3ccccc3)c(=O)[nH]2)C1. The van der Waals surface area contributed by atoms with Gasteiger partial charge in [0, 0.05) is 13.1 Å². The smallest absolute Gasteiger partial charge is 0.313 e. The van der Waals surface area contributed by atoms with E-state index in [-0.39, 0.29) is 11.5 Å². The number of carbonyl (C=O) groups excluding carboxylic acids is 1. The van der Waals surface area contributed by atoms with Gasteiger partial charge in [0.05, 0.1) is 23.9 Å². The van der Waals surface area contributed by atoms with Gasteiger partial charge in [-0.2, -0.15) is 10.1 Å². The normalized spacial score (nSPS) is 19.6. The number of fused-ring (bicyclic) bond motifs is 1. The molecular weight excluding hydrogens is 346 g/mol. The molecule has 140 valence electrons. The fraction of sp³-hybridized carbons (Fsp3) is 0.368. The van der Waals surface area contributed by atoms with Crippen molar-refractivity contribution in [2.45, 2.75) is 20.3 Å². The Morgan fingerprint density at radius 2 is 2.11 bits per heavy atom. The van der Waals surface area contributed by atoms with Crippen LogP contribution in [0.25, 0.3) is 16.7 Å². The van der Waals surface area contributed by atoms with Gasteiger partial charge in [-0.1, -0.05) is 18.2 Å². The largest absolute Gasteiger partial charge is 0.466 e. The highest BCUT2D eigenvalue weighted by molar-refractivity contribution is 5.79. The van der Waals surface area contributed by atoms with Gasteiger partial charge in [0.25, 0.3) is 5.56 Å². The number of aromatic nitrogens is 4. The summed E-state index contributed by atoms with van der Waals surface area (Å²) in [6, 6.07) is 9.54. The Bertz CT molecular complexity index is 1040. The lowest BCUT2D eigenvalue weighted by molar-refractivity contribution is -0.153. The number of H-pyrrole nitrogens is 1. The van der Waals surface area contributed by atoms with E-state index in [9.17, 15) is 9.59 Å². The van der Waals surface area contributed by atoms with Crippen molar-refractivity contribution in [3.05, 3.63) is 46.9 Å². The van der Waals surface area contributed by atoms with Gasteiger partial charge in [0.2, 0.25) is 5.95 Å². The lowest BCUT2D eigenvalue weighted by Crippen LogP contribution is -2.34. The second kappa shape index (κ2) is 6.53. The molecule has 2 aromatic heterocycles. The predicted molar refractivity (Wildman–Crippen MR) is 101 cm³/mol. The van der Waals surface area contributed by atoms with Crippen LogP contribution in [0, 0.1) is 5.41 Å². The van der Waals surface area contributed by atoms with E-state index in [4.69, 9.17) is 4.74 Å². The Hall–Kier alpha value is -3.16. The van der Waals surface area contributed by atoms with E-state index >= 15 is 0 Å². The van der Waals surface area contributed by atoms with Crippen LogP contribution in [0.15, 0.2) is 41.3 Å². The van der Waals surface area contributed by atoms with Crippen molar-refractivity contribution < 1.29 is 9.53 Å². The standard InChI is InChI=1S/C19H21N5O3/c1-3-27-17(26)19(2)9-10-23(12-19)18-21-15-14(16(25)22-18)11-20-24(15)13-7-5-4-6-8-13/h4-8,11H,3,9-10,12H2,1-2H3,(H,21,22,25). The van der Waals surface area contributed by atoms with Gasteiger partial charge >= 0.3 is 5.97 Å². The van der Waals surface area contributed by atoms with E-state index in [1.54, 1.807) is 11.6 Å². The van der Waals surface area contributed by atoms with Gasteiger partial charge in [0.1, 0.15) is 5.39 Å². The molecule has 0 amide bonds. The maximum Gasteiger partial charge on any atom is 0.313 e. The molecule has 0 bridgehead atoms. The second-order valence-corrected chi connectivity index (χ2v) is 6.97. The van der Waals surface area contributed by atoms with Crippen LogP contribution >= 0.6 is 0 Å². The zero-order chi connectivity index (χ0) is 19.0. The van der Waals surface area contributed by atoms with E-state index in [2.05, 4.69) is 15.1 Å². The van der Waals surface area contributed by atoms with Crippen LogP contribution in [0.1, 0.15) is 20.3 Å². The van der Waals surface area contributed by atoms with Gasteiger partial charge in [-0.3, -0.25) is 14.6 Å². The summed E-state index contributed by atoms with van der Waals surface area (Å²) in [7, 11) is 0. The number of ether oxygens (including phenoxy) is 1. The molecule has 1 aromatic carbocycles. The fourth-order valence-corrected chi connectivity index (χ4v) is 3.43. The first kappa shape index (κ1) is 17.3. The topological polar surface area (TPSA) is 93.1 Å². The molecule has 0 aliphatic carbocycles. The number of benzene rings is 1. The highest BCUT2D eigenvalue weighted by Gasteiger charge is 2.42. The first-order valence-corrected chi connectivity index (χ1v) is 8.97. The monoisotopic (exact) mass is 367 g/mol. The summed E-state index contributed by atoms with van der Waals surface area (Å²) in [6.07, 6.45) is 2.16. The van der Waals surface area contributed by atoms with Gasteiger partial charge in [-0.15, -0.1) is 0 Å². The maximum atomic E-state index is 12.5. The molecule has 0 spiro atoms. The second-order valence-electron chi connectivity index (χ2n) is 6.97. The molecule has 1 N–H and O–H groups in total. The van der Waals surface area contributed by atoms with Crippen LogP contribution in [0.4, 0.5) is 5.95 Å². The van der Waals surface area contributed by atoms with Crippen molar-refractivity contribution in [2.24, 2.45) is 5.41 Å². The Kier molecular flexibility index (Phi) is 4.18. The number of hydrogen-bond acceptors (Lipinski definition) is 6. The van der Waals surface area contributed by atoms with Gasteiger partial charge in [-0.05, 0) is 32.4 Å². The Morgan fingerprint density at radius 3 is 2.85 bits per heavy atom. The molecule has 4 rings (SSSR count). The van der Waals surface area contributed by atoms with Crippen LogP contribution in [0.3, 0.4) is 0 Å². The number of esters is 1. The summed E-state index contributed by atoms with van der Waals surface area (Å²) in [5, 5.41) is 4.74. The molecule has 0 radical (unpaired) electrons. The number of rotatable bonds is 4. The van der Waals surface area contributed by atoms with Crippen molar-refractivity contribution in [3.63, 3.8) is 0 Å². The Balaban J connectivity index is 1.72. The van der Waals surface area contributed by atoms with E-state index in [1.807, 2.05) is 42.2 Å². The highest BCUT2D eigenvalue weighted by Crippen LogP contribution is 2.33. The molecule has 27 heavy (non-hydrogen) atoms. The van der Waals surface area contributed by atoms with Crippen molar-refractivity contribution in [1.29, 1.82) is 0 Å². The number of hydrogen-bond donors (Lipinski definition) is 1. The maximum absolute atomic E-state index is 12.5. The number of aromatic amines is 1. The number of anilines is 1. The zero-order valence-corrected chi connectivity index (χ0v) is 15.3. The van der Waals surface area contributed by atoms with Gasteiger partial charge in [-0.25, -0.2) is 4.68 Å². The molecule has 1 unspecified atom stereocenters. The Morgan fingerprint density at radius 1 is 1.33 bits per heavy atom. The van der Waals surface area contributed by atoms with Gasteiger partial charge in [0.15, 0.2) is 5.65 Å². The van der Waals surface area contributed by atoms with E-state index in [1.165, 1.54) is 6.20 Å². The van der Waals surface area contributed by atoms with Crippen molar-refractivity contribution in [1.82, 2.24) is 19.7 Å². The number of carbonyl (C=O) groups is 1. The fourth-order valence-electron chi connectivity index (χ4n) is 3.43. The average Bonchev–Trinajstić information content (AvgIpc) is 3.28. The third-order valence-electron chi connectivity index (χ3n) is 4.97. The number of nitrogens with zero attached hydrogens (tertiary/aromatic N) is 4. The third-order valence-corrected chi connectivity index (χ3v) is 4.97. The summed E-state index contributed by atoms with van der Waals surface area (Å²) >= 11 is 0. The van der Waals surface area contributed by atoms with E-state index in [0.717, 1.165) is 5.69 Å². The minimum absolute atomic E-state index is 0.217. The summed E-state index contributed by atoms with van der Waals surface area (Å²) < 4.78 is 6.85. The summed E-state index contributed by atoms with van der Waals surface area (Å²) in [4.78, 5) is 34.2. The zero-order valence-electron chi connectivity index (χ0n) is 15.3. The van der Waals surface area contributed by atoms with Crippen LogP contribution in [-0.4, -0.2) is 45.4 Å². The molecule has 1 fully saturated rings. The summed E-state index contributed by atoms with van der Waals surface area (Å²) in [6.45, 7) is 5.09. The predicted octanol–water partition coefficient (Wildman–Crippen LogP) is 1.89. The molecule has 1 aliphatic heterocycles. The number of para-hydroxylation sites is 1. The molecule has 0 saturated carbocycles. The van der Waals surface area contributed by atoms with Crippen molar-refractivity contribution in [3.8, 4) is 5.69 Å². The van der Waals surface area contributed by atoms with Crippen molar-refractivity contribution in [2.75, 3.05) is 24.6 Å². The van der Waals surface area contributed by atoms with Crippen LogP contribution in [0.2, 0.25) is 0 Å². The lowest BCUT2D eigenvalue weighted by Gasteiger charge is -2.22. The summed E-state index contributed by atoms with van der Waals surface area (Å²) in [5.74, 6) is 0.225. The van der Waals surface area contributed by atoms with Gasteiger partial charge < -0.3 is 9.64 Å². The van der Waals surface area contributed by atoms with Crippen LogP contribution in [0.5, 0.6) is 0 Å². The van der Waals surface area contributed by atoms with Crippen LogP contribution in [-0.2, 0) is 9.53 Å². The molecule has 1 saturated heterocycles. The average molecular weight is 367 g/mol. The molecule has 8 heteroatoms. The van der Waals surface area contributed by atoms with E-state index < -0.39 is 5.41 Å². The first-order valence-electron chi connectivity index (χ1n) is 8.97. The third kappa shape index (κ3) is 2.97. The van der Waals surface area contributed by atoms with Crippen LogP contribution < -0.4 is 10.5 Å². The minimum atomic E-state index is -0.608. The quantitative estimate of drug-likeness (QED) is 0.708. The molecular formula is C19H21N5O3.